The lowest BCUT2D eigenvalue weighted by Crippen LogP contribution is -2.24. The van der Waals surface area contributed by atoms with Crippen LogP contribution in [-0.2, 0) is 4.79 Å². The quantitative estimate of drug-likeness (QED) is 0.497. The monoisotopic (exact) mass is 384 g/mol. The van der Waals surface area contributed by atoms with Crippen molar-refractivity contribution in [1.29, 1.82) is 0 Å². The average molecular weight is 384 g/mol. The van der Waals surface area contributed by atoms with E-state index in [1.807, 2.05) is 56.3 Å². The summed E-state index contributed by atoms with van der Waals surface area (Å²) in [5, 5.41) is 3.97. The summed E-state index contributed by atoms with van der Waals surface area (Å²) in [7, 11) is 0. The van der Waals surface area contributed by atoms with E-state index in [-0.39, 0.29) is 12.5 Å². The Hall–Kier alpha value is -3.02. The van der Waals surface area contributed by atoms with E-state index >= 15 is 0 Å². The predicted octanol–water partition coefficient (Wildman–Crippen LogP) is 3.96. The van der Waals surface area contributed by atoms with Crippen molar-refractivity contribution < 1.29 is 19.0 Å². The smallest absolute Gasteiger partial charge is 0.277 e. The van der Waals surface area contributed by atoms with E-state index in [2.05, 4.69) is 24.4 Å². The second-order valence-corrected chi connectivity index (χ2v) is 6.74. The number of aryl methyl sites for hydroxylation is 1. The summed E-state index contributed by atoms with van der Waals surface area (Å²) in [5.41, 5.74) is 4.38. The maximum atomic E-state index is 11.9. The van der Waals surface area contributed by atoms with Gasteiger partial charge in [0.25, 0.3) is 5.91 Å². The van der Waals surface area contributed by atoms with Gasteiger partial charge in [0.1, 0.15) is 5.75 Å². The van der Waals surface area contributed by atoms with Crippen LogP contribution < -0.4 is 19.6 Å². The minimum Gasteiger partial charge on any atom is -0.490 e. The highest BCUT2D eigenvalue weighted by atomic mass is 16.5. The molecular formula is C22H28N2O4. The summed E-state index contributed by atoms with van der Waals surface area (Å²) in [6.07, 6.45) is 1.55. The van der Waals surface area contributed by atoms with Crippen molar-refractivity contribution in [3.8, 4) is 17.2 Å². The maximum Gasteiger partial charge on any atom is 0.277 e. The van der Waals surface area contributed by atoms with Gasteiger partial charge in [-0.3, -0.25) is 4.79 Å². The molecule has 0 saturated heterocycles. The molecular weight excluding hydrogens is 356 g/mol. The molecule has 0 fully saturated rings. The molecule has 0 aliphatic carbocycles. The Balaban J connectivity index is 1.88. The van der Waals surface area contributed by atoms with E-state index in [0.717, 1.165) is 11.1 Å². The highest BCUT2D eigenvalue weighted by molar-refractivity contribution is 5.83. The van der Waals surface area contributed by atoms with Crippen molar-refractivity contribution in [2.45, 2.75) is 27.7 Å². The molecule has 0 atom stereocenters. The molecule has 0 saturated carbocycles. The first-order chi connectivity index (χ1) is 13.5. The summed E-state index contributed by atoms with van der Waals surface area (Å²) in [6, 6.07) is 13.0. The Kier molecular flexibility index (Phi) is 8.34. The third-order valence-electron chi connectivity index (χ3n) is 3.63. The van der Waals surface area contributed by atoms with E-state index in [1.165, 1.54) is 0 Å². The molecule has 2 aromatic rings. The maximum absolute atomic E-state index is 11.9. The van der Waals surface area contributed by atoms with Gasteiger partial charge in [-0.15, -0.1) is 0 Å². The average Bonchev–Trinajstić information content (AvgIpc) is 2.67. The second-order valence-electron chi connectivity index (χ2n) is 6.74. The van der Waals surface area contributed by atoms with Crippen LogP contribution in [-0.4, -0.2) is 31.9 Å². The number of carbonyl (C=O) groups excluding carboxylic acids is 1. The van der Waals surface area contributed by atoms with Crippen molar-refractivity contribution in [1.82, 2.24) is 5.43 Å². The van der Waals surface area contributed by atoms with Gasteiger partial charge in [-0.2, -0.15) is 5.10 Å². The molecule has 1 N–H and O–H groups in total. The van der Waals surface area contributed by atoms with Crippen molar-refractivity contribution in [2.75, 3.05) is 19.8 Å². The van der Waals surface area contributed by atoms with Gasteiger partial charge in [0.15, 0.2) is 18.1 Å². The first-order valence-electron chi connectivity index (χ1n) is 9.39. The van der Waals surface area contributed by atoms with Crippen molar-refractivity contribution >= 4 is 12.1 Å². The van der Waals surface area contributed by atoms with Crippen LogP contribution >= 0.6 is 0 Å². The largest absolute Gasteiger partial charge is 0.490 e. The highest BCUT2D eigenvalue weighted by Gasteiger charge is 2.07. The molecule has 0 radical (unpaired) electrons. The summed E-state index contributed by atoms with van der Waals surface area (Å²) in [4.78, 5) is 11.9. The third kappa shape index (κ3) is 7.31. The van der Waals surface area contributed by atoms with E-state index < -0.39 is 0 Å². The number of nitrogens with one attached hydrogen (secondary N) is 1. The van der Waals surface area contributed by atoms with E-state index in [1.54, 1.807) is 6.21 Å². The van der Waals surface area contributed by atoms with E-state index in [0.29, 0.717) is 36.4 Å². The van der Waals surface area contributed by atoms with Crippen LogP contribution in [0.25, 0.3) is 0 Å². The summed E-state index contributed by atoms with van der Waals surface area (Å²) >= 11 is 0. The van der Waals surface area contributed by atoms with E-state index in [9.17, 15) is 4.79 Å². The van der Waals surface area contributed by atoms with Gasteiger partial charge in [0.2, 0.25) is 0 Å². The molecule has 0 bridgehead atoms. The topological polar surface area (TPSA) is 69.2 Å². The fourth-order valence-corrected chi connectivity index (χ4v) is 2.24. The first-order valence-corrected chi connectivity index (χ1v) is 9.39. The van der Waals surface area contributed by atoms with Gasteiger partial charge in [-0.05, 0) is 55.7 Å². The zero-order valence-corrected chi connectivity index (χ0v) is 16.9. The fraction of sp³-hybridized carbons (Fsp3) is 0.364. The van der Waals surface area contributed by atoms with Crippen LogP contribution in [0.5, 0.6) is 17.2 Å². The number of hydrogen-bond acceptors (Lipinski definition) is 5. The lowest BCUT2D eigenvalue weighted by atomic mass is 10.2. The van der Waals surface area contributed by atoms with Crippen molar-refractivity contribution in [2.24, 2.45) is 11.0 Å². The molecule has 0 aliphatic rings. The molecule has 0 aliphatic heterocycles. The molecule has 28 heavy (non-hydrogen) atoms. The molecule has 0 heterocycles. The SMILES string of the molecule is CCOc1cc(/C=N\NC(=O)COc2ccc(C)cc2)ccc1OCC(C)C. The number of hydrogen-bond donors (Lipinski definition) is 1. The van der Waals surface area contributed by atoms with Crippen molar-refractivity contribution in [3.05, 3.63) is 53.6 Å². The minimum atomic E-state index is -0.334. The zero-order chi connectivity index (χ0) is 20.4. The number of hydrazone groups is 1. The molecule has 2 rings (SSSR count). The van der Waals surface area contributed by atoms with Gasteiger partial charge in [-0.25, -0.2) is 5.43 Å². The summed E-state index contributed by atoms with van der Waals surface area (Å²) in [6.45, 7) is 9.13. The van der Waals surface area contributed by atoms with Crippen LogP contribution in [0, 0.1) is 12.8 Å². The van der Waals surface area contributed by atoms with Crippen LogP contribution in [0.4, 0.5) is 0 Å². The molecule has 1 amide bonds. The van der Waals surface area contributed by atoms with E-state index in [4.69, 9.17) is 14.2 Å². The van der Waals surface area contributed by atoms with Crippen LogP contribution in [0.15, 0.2) is 47.6 Å². The number of ether oxygens (including phenoxy) is 3. The highest BCUT2D eigenvalue weighted by Crippen LogP contribution is 2.28. The van der Waals surface area contributed by atoms with Crippen LogP contribution in [0.1, 0.15) is 31.9 Å². The summed E-state index contributed by atoms with van der Waals surface area (Å²) in [5.74, 6) is 2.08. The lowest BCUT2D eigenvalue weighted by Gasteiger charge is -2.13. The third-order valence-corrected chi connectivity index (χ3v) is 3.63. The number of nitrogens with zero attached hydrogens (tertiary/aromatic N) is 1. The van der Waals surface area contributed by atoms with Gasteiger partial charge in [0, 0.05) is 0 Å². The zero-order valence-electron chi connectivity index (χ0n) is 16.9. The molecule has 0 aromatic heterocycles. The second kappa shape index (κ2) is 11.0. The van der Waals surface area contributed by atoms with Crippen LogP contribution in [0.3, 0.4) is 0 Å². The van der Waals surface area contributed by atoms with Gasteiger partial charge < -0.3 is 14.2 Å². The Bertz CT molecular complexity index is 786. The molecule has 0 spiro atoms. The molecule has 0 unspecified atom stereocenters. The van der Waals surface area contributed by atoms with Crippen LogP contribution in [0.2, 0.25) is 0 Å². The fourth-order valence-electron chi connectivity index (χ4n) is 2.24. The Morgan fingerprint density at radius 2 is 1.82 bits per heavy atom. The minimum absolute atomic E-state index is 0.105. The molecule has 150 valence electrons. The Morgan fingerprint density at radius 1 is 1.07 bits per heavy atom. The van der Waals surface area contributed by atoms with Gasteiger partial charge in [0.05, 0.1) is 19.4 Å². The number of benzene rings is 2. The normalized spacial score (nSPS) is 10.9. The summed E-state index contributed by atoms with van der Waals surface area (Å²) < 4.78 is 16.8. The Morgan fingerprint density at radius 3 is 2.50 bits per heavy atom. The van der Waals surface area contributed by atoms with Gasteiger partial charge in [-0.1, -0.05) is 31.5 Å². The molecule has 2 aromatic carbocycles. The number of amides is 1. The number of rotatable bonds is 10. The number of carbonyl (C=O) groups is 1. The van der Waals surface area contributed by atoms with Crippen molar-refractivity contribution in [3.63, 3.8) is 0 Å². The molecule has 6 nitrogen and oxygen atoms in total. The van der Waals surface area contributed by atoms with Gasteiger partial charge >= 0.3 is 0 Å². The lowest BCUT2D eigenvalue weighted by molar-refractivity contribution is -0.123. The predicted molar refractivity (Wildman–Crippen MR) is 110 cm³/mol. The first kappa shape index (κ1) is 21.3. The standard InChI is InChI=1S/C22H28N2O4/c1-5-26-21-12-18(8-11-20(21)28-14-16(2)3)13-23-24-22(25)15-27-19-9-6-17(4)7-10-19/h6-13,16H,5,14-15H2,1-4H3,(H,24,25)/b23-13-. The Labute approximate surface area is 166 Å². The molecule has 6 heteroatoms.